The third-order valence-corrected chi connectivity index (χ3v) is 5.99. The molecule has 0 aliphatic heterocycles. The molecule has 2 N–H and O–H groups in total. The monoisotopic (exact) mass is 374 g/mol. The fourth-order valence-corrected chi connectivity index (χ4v) is 3.90. The van der Waals surface area contributed by atoms with Gasteiger partial charge < -0.3 is 10.2 Å². The highest BCUT2D eigenvalue weighted by Gasteiger charge is 2.21. The number of hydrogen-bond donors (Lipinski definition) is 2. The maximum atomic E-state index is 9.99. The lowest BCUT2D eigenvalue weighted by molar-refractivity contribution is 0.0186. The van der Waals surface area contributed by atoms with Crippen molar-refractivity contribution in [2.24, 2.45) is 17.8 Å². The summed E-state index contributed by atoms with van der Waals surface area (Å²) in [6, 6.07) is 0. The average molecular weight is 375 g/mol. The van der Waals surface area contributed by atoms with Gasteiger partial charge in [-0.2, -0.15) is 0 Å². The van der Waals surface area contributed by atoms with Crippen molar-refractivity contribution in [2.75, 3.05) is 6.61 Å². The van der Waals surface area contributed by atoms with Gasteiger partial charge in [0.25, 0.3) is 0 Å². The molecule has 0 saturated carbocycles. The number of hydrogen-bond acceptors (Lipinski definition) is 2. The molecule has 0 saturated heterocycles. The standard InChI is InChI=1S/C25H42O2/c1-4-7-14-22(5-2)15-12-17-24-19-13-18-23(24)16-10-8-9-11-20-25(27,6-3)21-26/h5-6,12-13,17,19,22-24,26-27H,2-4,7-11,14-16,18,20-21H2,1H3/t22-,23-,24-,25?/m0/s1. The minimum Gasteiger partial charge on any atom is -0.393 e. The predicted octanol–water partition coefficient (Wildman–Crippen LogP) is 6.37. The SMILES string of the molecule is C=C[C@H](CC=C[C@H]1C=CC[C@@H]1CCCCCCC(O)(C=C)CO)CCCC. The Morgan fingerprint density at radius 2 is 1.96 bits per heavy atom. The van der Waals surface area contributed by atoms with Gasteiger partial charge in [0.05, 0.1) is 6.61 Å². The van der Waals surface area contributed by atoms with Crippen LogP contribution in [-0.4, -0.2) is 22.4 Å². The first-order chi connectivity index (χ1) is 13.1. The molecule has 0 aromatic rings. The van der Waals surface area contributed by atoms with Gasteiger partial charge in [0.2, 0.25) is 0 Å². The van der Waals surface area contributed by atoms with Crippen LogP contribution < -0.4 is 0 Å². The molecule has 4 atom stereocenters. The second-order valence-corrected chi connectivity index (χ2v) is 8.22. The Labute approximate surface area is 167 Å². The summed E-state index contributed by atoms with van der Waals surface area (Å²) in [5.74, 6) is 1.97. The van der Waals surface area contributed by atoms with Crippen LogP contribution >= 0.6 is 0 Å². The molecule has 0 bridgehead atoms. The quantitative estimate of drug-likeness (QED) is 0.243. The molecule has 0 fully saturated rings. The molecule has 2 nitrogen and oxygen atoms in total. The molecule has 1 unspecified atom stereocenters. The minimum absolute atomic E-state index is 0.233. The van der Waals surface area contributed by atoms with Crippen LogP contribution in [0.3, 0.4) is 0 Å². The van der Waals surface area contributed by atoms with E-state index < -0.39 is 5.60 Å². The fraction of sp³-hybridized carbons (Fsp3) is 0.680. The number of aliphatic hydroxyl groups excluding tert-OH is 1. The van der Waals surface area contributed by atoms with Crippen molar-refractivity contribution in [1.29, 1.82) is 0 Å². The summed E-state index contributed by atoms with van der Waals surface area (Å²) in [5, 5.41) is 19.2. The fourth-order valence-electron chi connectivity index (χ4n) is 3.90. The zero-order valence-electron chi connectivity index (χ0n) is 17.5. The average Bonchev–Trinajstić information content (AvgIpc) is 3.14. The highest BCUT2D eigenvalue weighted by molar-refractivity contribution is 5.10. The van der Waals surface area contributed by atoms with Crippen LogP contribution in [0.15, 0.2) is 49.6 Å². The van der Waals surface area contributed by atoms with Crippen LogP contribution in [-0.2, 0) is 0 Å². The third kappa shape index (κ3) is 9.58. The van der Waals surface area contributed by atoms with E-state index in [4.69, 9.17) is 0 Å². The van der Waals surface area contributed by atoms with Crippen LogP contribution in [0.4, 0.5) is 0 Å². The van der Waals surface area contributed by atoms with E-state index in [1.165, 1.54) is 51.0 Å². The summed E-state index contributed by atoms with van der Waals surface area (Å²) in [6.45, 7) is 9.61. The van der Waals surface area contributed by atoms with Gasteiger partial charge in [-0.3, -0.25) is 0 Å². The second-order valence-electron chi connectivity index (χ2n) is 8.22. The maximum Gasteiger partial charge on any atom is 0.105 e. The van der Waals surface area contributed by atoms with E-state index in [1.807, 2.05) is 0 Å². The first-order valence-corrected chi connectivity index (χ1v) is 11.0. The molecular formula is C25H42O2. The van der Waals surface area contributed by atoms with Gasteiger partial charge in [0.15, 0.2) is 0 Å². The van der Waals surface area contributed by atoms with Gasteiger partial charge in [-0.15, -0.1) is 13.2 Å². The van der Waals surface area contributed by atoms with Crippen LogP contribution in [0.5, 0.6) is 0 Å². The van der Waals surface area contributed by atoms with Crippen LogP contribution in [0, 0.1) is 17.8 Å². The Hall–Kier alpha value is -1.12. The highest BCUT2D eigenvalue weighted by Crippen LogP contribution is 2.31. The van der Waals surface area contributed by atoms with Gasteiger partial charge in [0.1, 0.15) is 5.60 Å². The van der Waals surface area contributed by atoms with Crippen molar-refractivity contribution in [3.05, 3.63) is 49.6 Å². The van der Waals surface area contributed by atoms with E-state index in [1.54, 1.807) is 0 Å². The Morgan fingerprint density at radius 3 is 2.63 bits per heavy atom. The van der Waals surface area contributed by atoms with Crippen molar-refractivity contribution >= 4 is 0 Å². The van der Waals surface area contributed by atoms with Crippen LogP contribution in [0.2, 0.25) is 0 Å². The zero-order chi connectivity index (χ0) is 20.0. The summed E-state index contributed by atoms with van der Waals surface area (Å²) >= 11 is 0. The first kappa shape index (κ1) is 23.9. The van der Waals surface area contributed by atoms with Gasteiger partial charge in [-0.1, -0.05) is 81.9 Å². The summed E-state index contributed by atoms with van der Waals surface area (Å²) in [5.41, 5.74) is -1.09. The summed E-state index contributed by atoms with van der Waals surface area (Å²) in [4.78, 5) is 0. The number of unbranched alkanes of at least 4 members (excludes halogenated alkanes) is 4. The predicted molar refractivity (Wildman–Crippen MR) is 118 cm³/mol. The summed E-state index contributed by atoms with van der Waals surface area (Å²) < 4.78 is 0. The van der Waals surface area contributed by atoms with Crippen molar-refractivity contribution in [2.45, 2.75) is 83.2 Å². The van der Waals surface area contributed by atoms with Gasteiger partial charge in [-0.25, -0.2) is 0 Å². The molecule has 1 aliphatic rings. The van der Waals surface area contributed by atoms with E-state index in [0.717, 1.165) is 25.2 Å². The number of rotatable bonds is 16. The molecule has 0 radical (unpaired) electrons. The molecule has 1 aliphatic carbocycles. The minimum atomic E-state index is -1.09. The summed E-state index contributed by atoms with van der Waals surface area (Å²) in [6.07, 6.45) is 25.6. The maximum absolute atomic E-state index is 9.99. The van der Waals surface area contributed by atoms with E-state index in [0.29, 0.717) is 18.3 Å². The molecule has 1 rings (SSSR count). The Morgan fingerprint density at radius 1 is 1.19 bits per heavy atom. The van der Waals surface area contributed by atoms with E-state index in [-0.39, 0.29) is 6.61 Å². The molecule has 0 aromatic heterocycles. The highest BCUT2D eigenvalue weighted by atomic mass is 16.3. The molecule has 27 heavy (non-hydrogen) atoms. The van der Waals surface area contributed by atoms with E-state index in [2.05, 4.69) is 50.5 Å². The van der Waals surface area contributed by atoms with E-state index >= 15 is 0 Å². The molecule has 2 heteroatoms. The lowest BCUT2D eigenvalue weighted by Gasteiger charge is -2.21. The van der Waals surface area contributed by atoms with Gasteiger partial charge in [-0.05, 0) is 49.9 Å². The molecule has 0 spiro atoms. The topological polar surface area (TPSA) is 40.5 Å². The number of aliphatic hydroxyl groups is 2. The van der Waals surface area contributed by atoms with E-state index in [9.17, 15) is 10.2 Å². The van der Waals surface area contributed by atoms with Crippen LogP contribution in [0.1, 0.15) is 77.6 Å². The Kier molecular flexibility index (Phi) is 12.4. The smallest absolute Gasteiger partial charge is 0.105 e. The molecule has 0 aromatic carbocycles. The van der Waals surface area contributed by atoms with Crippen molar-refractivity contribution in [1.82, 2.24) is 0 Å². The van der Waals surface area contributed by atoms with Crippen molar-refractivity contribution in [3.8, 4) is 0 Å². The normalized spacial score (nSPS) is 22.8. The Balaban J connectivity index is 2.22. The zero-order valence-corrected chi connectivity index (χ0v) is 17.5. The third-order valence-electron chi connectivity index (χ3n) is 5.99. The van der Waals surface area contributed by atoms with Gasteiger partial charge in [0, 0.05) is 0 Å². The largest absolute Gasteiger partial charge is 0.393 e. The van der Waals surface area contributed by atoms with Gasteiger partial charge >= 0.3 is 0 Å². The first-order valence-electron chi connectivity index (χ1n) is 11.0. The molecule has 154 valence electrons. The van der Waals surface area contributed by atoms with Crippen molar-refractivity contribution < 1.29 is 10.2 Å². The Bertz CT molecular complexity index is 465. The lowest BCUT2D eigenvalue weighted by Crippen LogP contribution is -2.30. The molecule has 0 heterocycles. The molecule has 0 amide bonds. The lowest BCUT2D eigenvalue weighted by atomic mass is 9.88. The number of allylic oxidation sites excluding steroid dienone is 5. The molecular weight excluding hydrogens is 332 g/mol. The second kappa shape index (κ2) is 14.0. The van der Waals surface area contributed by atoms with Crippen molar-refractivity contribution in [3.63, 3.8) is 0 Å². The summed E-state index contributed by atoms with van der Waals surface area (Å²) in [7, 11) is 0. The van der Waals surface area contributed by atoms with Crippen LogP contribution in [0.25, 0.3) is 0 Å².